The van der Waals surface area contributed by atoms with E-state index in [0.29, 0.717) is 35.2 Å². The van der Waals surface area contributed by atoms with Crippen LogP contribution < -0.4 is 9.64 Å². The number of rotatable bonds is 5. The van der Waals surface area contributed by atoms with Gasteiger partial charge in [0.15, 0.2) is 11.6 Å². The molecule has 2 aliphatic rings. The van der Waals surface area contributed by atoms with Gasteiger partial charge in [0.2, 0.25) is 5.91 Å². The van der Waals surface area contributed by atoms with E-state index in [9.17, 15) is 18.8 Å². The fraction of sp³-hybridized carbons (Fsp3) is 0.292. The van der Waals surface area contributed by atoms with Gasteiger partial charge < -0.3 is 14.5 Å². The second-order valence-electron chi connectivity index (χ2n) is 8.21. The van der Waals surface area contributed by atoms with E-state index in [2.05, 4.69) is 17.6 Å². The number of carbonyl (C=O) groups is 1. The van der Waals surface area contributed by atoms with Crippen molar-refractivity contribution in [3.05, 3.63) is 71.2 Å². The van der Waals surface area contributed by atoms with Crippen molar-refractivity contribution in [3.63, 3.8) is 0 Å². The van der Waals surface area contributed by atoms with E-state index in [-0.39, 0.29) is 18.2 Å². The molecule has 2 heterocycles. The lowest BCUT2D eigenvalue weighted by molar-refractivity contribution is -0.121. The smallest absolute Gasteiger partial charge is 0.238 e. The molecule has 164 valence electrons. The van der Waals surface area contributed by atoms with Gasteiger partial charge in [-0.2, -0.15) is 5.26 Å². The van der Waals surface area contributed by atoms with Crippen molar-refractivity contribution in [2.75, 3.05) is 26.1 Å². The molecule has 6 nitrogen and oxygen atoms in total. The Labute approximate surface area is 185 Å². The maximum Gasteiger partial charge on any atom is 0.238 e. The molecule has 1 amide bonds. The van der Waals surface area contributed by atoms with Gasteiger partial charge in [-0.25, -0.2) is 8.78 Å². The molecule has 0 saturated heterocycles. The van der Waals surface area contributed by atoms with E-state index in [1.807, 2.05) is 0 Å². The first-order chi connectivity index (χ1) is 15.2. The number of nitrogens with zero attached hydrogens (tertiary/aromatic N) is 4. The molecule has 1 saturated carbocycles. The summed E-state index contributed by atoms with van der Waals surface area (Å²) in [5, 5.41) is 9.48. The first-order valence-corrected chi connectivity index (χ1v) is 10.0. The molecular weight excluding hydrogens is 414 g/mol. The molecule has 1 spiro atoms. The highest BCUT2D eigenvalue weighted by molar-refractivity contribution is 6.05. The molecule has 1 fully saturated rings. The molecule has 0 radical (unpaired) electrons. The Kier molecular flexibility index (Phi) is 5.21. The number of hydrogen-bond acceptors (Lipinski definition) is 5. The first-order valence-electron chi connectivity index (χ1n) is 10.0. The fourth-order valence-corrected chi connectivity index (χ4v) is 4.12. The van der Waals surface area contributed by atoms with Crippen molar-refractivity contribution in [2.24, 2.45) is 0 Å². The van der Waals surface area contributed by atoms with E-state index in [1.165, 1.54) is 13.2 Å². The number of ether oxygens (including phenoxy) is 1. The zero-order valence-corrected chi connectivity index (χ0v) is 18.1. The van der Waals surface area contributed by atoms with Gasteiger partial charge in [-0.3, -0.25) is 9.78 Å². The average Bonchev–Trinajstić information content (AvgIpc) is 3.56. The first kappa shape index (κ1) is 21.5. The van der Waals surface area contributed by atoms with Gasteiger partial charge in [0, 0.05) is 32.1 Å². The molecule has 0 unspecified atom stereocenters. The minimum absolute atomic E-state index is 0.0185. The Morgan fingerprint density at radius 2 is 2.09 bits per heavy atom. The van der Waals surface area contributed by atoms with Gasteiger partial charge in [0.1, 0.15) is 17.6 Å². The monoisotopic (exact) mass is 436 g/mol. The number of allylic oxidation sites excluding steroid dienone is 2. The number of halogens is 2. The van der Waals surface area contributed by atoms with Crippen molar-refractivity contribution in [2.45, 2.75) is 24.8 Å². The lowest BCUT2D eigenvalue weighted by Crippen LogP contribution is -2.45. The van der Waals surface area contributed by atoms with Crippen molar-refractivity contribution < 1.29 is 18.3 Å². The number of fused-ring (bicyclic) bond motifs is 2. The van der Waals surface area contributed by atoms with Crippen molar-refractivity contribution in [1.82, 2.24) is 9.88 Å². The standard InChI is InChI=1S/C24H22F2N4O2/c1-14(15(10-27)12-29(2)3)19-9-17-16(11-28-19)13-30(23(31)24(17)7-8-24)22-18(25)5-6-20(32-4)21(22)26/h5-6,9,11-12H,1,7-8,13H2,2-4H3/b15-12-. The summed E-state index contributed by atoms with van der Waals surface area (Å²) < 4.78 is 34.5. The molecule has 1 aliphatic heterocycles. The number of carbonyl (C=O) groups excluding carboxylic acids is 1. The van der Waals surface area contributed by atoms with E-state index in [1.54, 1.807) is 37.5 Å². The lowest BCUT2D eigenvalue weighted by atomic mass is 9.85. The summed E-state index contributed by atoms with van der Waals surface area (Å²) in [7, 11) is 4.89. The van der Waals surface area contributed by atoms with Gasteiger partial charge in [-0.05, 0) is 42.2 Å². The molecule has 1 aromatic carbocycles. The average molecular weight is 436 g/mol. The maximum atomic E-state index is 14.9. The van der Waals surface area contributed by atoms with Gasteiger partial charge in [0.25, 0.3) is 0 Å². The largest absolute Gasteiger partial charge is 0.494 e. The van der Waals surface area contributed by atoms with Crippen molar-refractivity contribution in [3.8, 4) is 11.8 Å². The maximum absolute atomic E-state index is 14.9. The van der Waals surface area contributed by atoms with Gasteiger partial charge in [-0.1, -0.05) is 6.58 Å². The third-order valence-electron chi connectivity index (χ3n) is 5.90. The van der Waals surface area contributed by atoms with Crippen LogP contribution in [0.3, 0.4) is 0 Å². The number of anilines is 1. The Morgan fingerprint density at radius 3 is 2.69 bits per heavy atom. The number of hydrogen-bond donors (Lipinski definition) is 0. The number of pyridine rings is 1. The molecule has 1 aliphatic carbocycles. The zero-order chi connectivity index (χ0) is 23.2. The van der Waals surface area contributed by atoms with Crippen LogP contribution in [0.25, 0.3) is 5.57 Å². The number of amides is 1. The van der Waals surface area contributed by atoms with Crippen LogP contribution in [0, 0.1) is 23.0 Å². The van der Waals surface area contributed by atoms with Crippen molar-refractivity contribution >= 4 is 17.2 Å². The van der Waals surface area contributed by atoms with Crippen LogP contribution in [-0.4, -0.2) is 37.0 Å². The minimum atomic E-state index is -0.912. The highest BCUT2D eigenvalue weighted by atomic mass is 19.1. The van der Waals surface area contributed by atoms with Gasteiger partial charge in [-0.15, -0.1) is 0 Å². The second kappa shape index (κ2) is 7.75. The third-order valence-corrected chi connectivity index (χ3v) is 5.90. The molecule has 8 heteroatoms. The third kappa shape index (κ3) is 3.30. The summed E-state index contributed by atoms with van der Waals surface area (Å²) in [6.45, 7) is 3.98. The van der Waals surface area contributed by atoms with E-state index >= 15 is 0 Å². The van der Waals surface area contributed by atoms with Crippen LogP contribution in [0.4, 0.5) is 14.5 Å². The highest BCUT2D eigenvalue weighted by Crippen LogP contribution is 2.54. The van der Waals surface area contributed by atoms with Crippen LogP contribution in [-0.2, 0) is 16.8 Å². The fourth-order valence-electron chi connectivity index (χ4n) is 4.12. The highest BCUT2D eigenvalue weighted by Gasteiger charge is 2.57. The van der Waals surface area contributed by atoms with Crippen LogP contribution >= 0.6 is 0 Å². The number of aromatic nitrogens is 1. The molecular formula is C24H22F2N4O2. The molecule has 32 heavy (non-hydrogen) atoms. The number of methoxy groups -OCH3 is 1. The lowest BCUT2D eigenvalue weighted by Gasteiger charge is -2.35. The Bertz CT molecular complexity index is 1210. The summed E-state index contributed by atoms with van der Waals surface area (Å²) in [4.78, 5) is 20.7. The van der Waals surface area contributed by atoms with Crippen molar-refractivity contribution in [1.29, 1.82) is 5.26 Å². The molecule has 0 N–H and O–H groups in total. The molecule has 1 aromatic heterocycles. The van der Waals surface area contributed by atoms with Crippen LogP contribution in [0.5, 0.6) is 5.75 Å². The SMILES string of the molecule is C=C(/C(C#N)=C\N(C)C)c1cc2c(cn1)CN(c1c(F)ccc(OC)c1F)C(=O)C21CC1. The van der Waals surface area contributed by atoms with Crippen LogP contribution in [0.2, 0.25) is 0 Å². The van der Waals surface area contributed by atoms with Crippen LogP contribution in [0.15, 0.2) is 42.7 Å². The van der Waals surface area contributed by atoms with E-state index in [0.717, 1.165) is 16.5 Å². The van der Waals surface area contributed by atoms with Gasteiger partial charge >= 0.3 is 0 Å². The Morgan fingerprint density at radius 1 is 1.38 bits per heavy atom. The summed E-state index contributed by atoms with van der Waals surface area (Å²) in [5.74, 6) is -2.23. The topological polar surface area (TPSA) is 69.5 Å². The Balaban J connectivity index is 1.78. The molecule has 2 aromatic rings. The Hall–Kier alpha value is -3.73. The minimum Gasteiger partial charge on any atom is -0.494 e. The quantitative estimate of drug-likeness (QED) is 0.525. The predicted molar refractivity (Wildman–Crippen MR) is 116 cm³/mol. The van der Waals surface area contributed by atoms with Crippen LogP contribution in [0.1, 0.15) is 29.7 Å². The number of benzene rings is 1. The summed E-state index contributed by atoms with van der Waals surface area (Å²) in [6.07, 6.45) is 4.38. The molecule has 0 bridgehead atoms. The van der Waals surface area contributed by atoms with E-state index in [4.69, 9.17) is 4.74 Å². The summed E-state index contributed by atoms with van der Waals surface area (Å²) in [6, 6.07) is 6.18. The molecule has 4 rings (SSSR count). The van der Waals surface area contributed by atoms with Gasteiger partial charge in [0.05, 0.1) is 30.3 Å². The predicted octanol–water partition coefficient (Wildman–Crippen LogP) is 3.93. The van der Waals surface area contributed by atoms with E-state index < -0.39 is 22.7 Å². The second-order valence-corrected chi connectivity index (χ2v) is 8.21. The number of nitriles is 1. The zero-order valence-electron chi connectivity index (χ0n) is 18.1. The normalized spacial score (nSPS) is 16.4. The summed E-state index contributed by atoms with van der Waals surface area (Å²) in [5.41, 5.74) is 1.50. The summed E-state index contributed by atoms with van der Waals surface area (Å²) >= 11 is 0. The molecule has 0 atom stereocenters.